The Kier molecular flexibility index (Phi) is 3.51. The van der Waals surface area contributed by atoms with Crippen molar-refractivity contribution in [3.8, 4) is 34.5 Å². The minimum Gasteiger partial charge on any atom is -0.505 e. The molecule has 1 aromatic carbocycles. The topological polar surface area (TPSA) is 81.3 Å². The highest BCUT2D eigenvalue weighted by Crippen LogP contribution is 2.27. The molecule has 0 saturated carbocycles. The van der Waals surface area contributed by atoms with Crippen LogP contribution in [0.3, 0.4) is 0 Å². The number of rotatable bonds is 4. The Hall–Kier alpha value is -2.89. The number of benzene rings is 1. The van der Waals surface area contributed by atoms with Crippen LogP contribution < -0.4 is 4.74 Å². The van der Waals surface area contributed by atoms with Gasteiger partial charge < -0.3 is 14.4 Å². The summed E-state index contributed by atoms with van der Waals surface area (Å²) in [5, 5.41) is 13.7. The molecule has 0 spiro atoms. The maximum absolute atomic E-state index is 9.75. The van der Waals surface area contributed by atoms with Gasteiger partial charge in [0.2, 0.25) is 5.82 Å². The Labute approximate surface area is 121 Å². The van der Waals surface area contributed by atoms with Crippen LogP contribution in [0.25, 0.3) is 23.0 Å². The molecule has 0 atom stereocenters. The van der Waals surface area contributed by atoms with Crippen molar-refractivity contribution in [1.82, 2.24) is 15.1 Å². The molecule has 0 amide bonds. The van der Waals surface area contributed by atoms with E-state index in [0.29, 0.717) is 12.4 Å². The maximum atomic E-state index is 9.75. The summed E-state index contributed by atoms with van der Waals surface area (Å²) in [6, 6.07) is 10.5. The van der Waals surface area contributed by atoms with Crippen molar-refractivity contribution < 1.29 is 14.4 Å². The fraction of sp³-hybridized carbons (Fsp3) is 0.133. The molecule has 6 heteroatoms. The minimum atomic E-state index is -0.00392. The van der Waals surface area contributed by atoms with Crippen LogP contribution >= 0.6 is 0 Å². The summed E-state index contributed by atoms with van der Waals surface area (Å²) in [7, 11) is 0. The standard InChI is InChI=1S/C15H13N3O3/c1-2-20-11-6-3-5-10(9-11)14-17-15(21-18-14)13-12(19)7-4-8-16-13/h3-9,19H,2H2,1H3. The number of aromatic hydroxyl groups is 1. The Balaban J connectivity index is 1.95. The Morgan fingerprint density at radius 1 is 1.24 bits per heavy atom. The third-order valence-corrected chi connectivity index (χ3v) is 2.82. The monoisotopic (exact) mass is 283 g/mol. The summed E-state index contributed by atoms with van der Waals surface area (Å²) in [6.07, 6.45) is 1.55. The molecule has 0 radical (unpaired) electrons. The van der Waals surface area contributed by atoms with E-state index in [1.54, 1.807) is 12.3 Å². The van der Waals surface area contributed by atoms with Crippen LogP contribution in [0.15, 0.2) is 47.1 Å². The van der Waals surface area contributed by atoms with Crippen molar-refractivity contribution in [2.45, 2.75) is 6.92 Å². The summed E-state index contributed by atoms with van der Waals surface area (Å²) in [5.41, 5.74) is 1.03. The molecule has 21 heavy (non-hydrogen) atoms. The number of hydrogen-bond donors (Lipinski definition) is 1. The quantitative estimate of drug-likeness (QED) is 0.792. The van der Waals surface area contributed by atoms with Crippen molar-refractivity contribution in [1.29, 1.82) is 0 Å². The number of ether oxygens (including phenoxy) is 1. The zero-order valence-electron chi connectivity index (χ0n) is 11.4. The lowest BCUT2D eigenvalue weighted by atomic mass is 10.2. The van der Waals surface area contributed by atoms with E-state index in [0.717, 1.165) is 11.3 Å². The molecule has 0 fully saturated rings. The number of aromatic nitrogens is 3. The van der Waals surface area contributed by atoms with Gasteiger partial charge in [-0.05, 0) is 31.2 Å². The highest BCUT2D eigenvalue weighted by atomic mass is 16.5. The molecule has 0 aliphatic carbocycles. The van der Waals surface area contributed by atoms with Crippen LogP contribution in [0.1, 0.15) is 6.92 Å². The molecule has 0 bridgehead atoms. The van der Waals surface area contributed by atoms with E-state index in [9.17, 15) is 5.11 Å². The van der Waals surface area contributed by atoms with Crippen LogP contribution in [0.5, 0.6) is 11.5 Å². The molecule has 2 aromatic heterocycles. The second kappa shape index (κ2) is 5.62. The first-order chi connectivity index (χ1) is 10.3. The summed E-state index contributed by atoms with van der Waals surface area (Å²) in [6.45, 7) is 2.51. The number of nitrogens with zero attached hydrogens (tertiary/aromatic N) is 3. The first-order valence-electron chi connectivity index (χ1n) is 6.49. The van der Waals surface area contributed by atoms with Gasteiger partial charge in [-0.1, -0.05) is 17.3 Å². The van der Waals surface area contributed by atoms with Crippen molar-refractivity contribution in [2.75, 3.05) is 6.61 Å². The van der Waals surface area contributed by atoms with Gasteiger partial charge in [-0.15, -0.1) is 0 Å². The SMILES string of the molecule is CCOc1cccc(-c2noc(-c3ncccc3O)n2)c1. The van der Waals surface area contributed by atoms with Gasteiger partial charge in [0, 0.05) is 11.8 Å². The van der Waals surface area contributed by atoms with Gasteiger partial charge in [-0.25, -0.2) is 4.98 Å². The van der Waals surface area contributed by atoms with Gasteiger partial charge in [0.05, 0.1) is 6.61 Å². The van der Waals surface area contributed by atoms with Crippen LogP contribution in [0, 0.1) is 0 Å². The zero-order valence-corrected chi connectivity index (χ0v) is 11.4. The molecule has 1 N–H and O–H groups in total. The minimum absolute atomic E-state index is 0.00392. The first-order valence-corrected chi connectivity index (χ1v) is 6.49. The van der Waals surface area contributed by atoms with Crippen LogP contribution in [0.4, 0.5) is 0 Å². The predicted octanol–water partition coefficient (Wildman–Crippen LogP) is 2.90. The molecule has 0 aliphatic rings. The van der Waals surface area contributed by atoms with E-state index in [-0.39, 0.29) is 17.3 Å². The molecular formula is C15H13N3O3. The molecule has 3 aromatic rings. The molecule has 0 saturated heterocycles. The third-order valence-electron chi connectivity index (χ3n) is 2.82. The molecule has 6 nitrogen and oxygen atoms in total. The van der Waals surface area contributed by atoms with Gasteiger partial charge in [0.25, 0.3) is 5.89 Å². The highest BCUT2D eigenvalue weighted by Gasteiger charge is 2.15. The smallest absolute Gasteiger partial charge is 0.280 e. The Morgan fingerprint density at radius 2 is 2.14 bits per heavy atom. The largest absolute Gasteiger partial charge is 0.505 e. The fourth-order valence-corrected chi connectivity index (χ4v) is 1.89. The molecule has 0 aliphatic heterocycles. The predicted molar refractivity (Wildman–Crippen MR) is 75.8 cm³/mol. The van der Waals surface area contributed by atoms with Crippen LogP contribution in [0.2, 0.25) is 0 Å². The summed E-state index contributed by atoms with van der Waals surface area (Å²) < 4.78 is 10.6. The Bertz CT molecular complexity index is 755. The molecule has 2 heterocycles. The lowest BCUT2D eigenvalue weighted by Crippen LogP contribution is -1.91. The lowest BCUT2D eigenvalue weighted by Gasteiger charge is -2.02. The molecular weight excluding hydrogens is 270 g/mol. The van der Waals surface area contributed by atoms with Gasteiger partial charge in [-0.3, -0.25) is 0 Å². The summed E-state index contributed by atoms with van der Waals surface area (Å²) in [4.78, 5) is 8.29. The van der Waals surface area contributed by atoms with Crippen LogP contribution in [-0.4, -0.2) is 26.8 Å². The Morgan fingerprint density at radius 3 is 2.95 bits per heavy atom. The van der Waals surface area contributed by atoms with Crippen molar-refractivity contribution in [3.05, 3.63) is 42.6 Å². The average molecular weight is 283 g/mol. The lowest BCUT2D eigenvalue weighted by molar-refractivity contribution is 0.340. The number of hydrogen-bond acceptors (Lipinski definition) is 6. The van der Waals surface area contributed by atoms with Crippen LogP contribution in [-0.2, 0) is 0 Å². The summed E-state index contributed by atoms with van der Waals surface area (Å²) >= 11 is 0. The molecule has 3 rings (SSSR count). The van der Waals surface area contributed by atoms with E-state index in [2.05, 4.69) is 15.1 Å². The van der Waals surface area contributed by atoms with E-state index in [1.165, 1.54) is 6.07 Å². The fourth-order valence-electron chi connectivity index (χ4n) is 1.89. The van der Waals surface area contributed by atoms with E-state index >= 15 is 0 Å². The molecule has 106 valence electrons. The van der Waals surface area contributed by atoms with Crippen molar-refractivity contribution >= 4 is 0 Å². The average Bonchev–Trinajstić information content (AvgIpc) is 2.98. The van der Waals surface area contributed by atoms with Gasteiger partial charge in [0.15, 0.2) is 5.69 Å². The second-order valence-corrected chi connectivity index (χ2v) is 4.26. The zero-order chi connectivity index (χ0) is 14.7. The first kappa shape index (κ1) is 13.1. The number of pyridine rings is 1. The third kappa shape index (κ3) is 2.69. The maximum Gasteiger partial charge on any atom is 0.280 e. The van der Waals surface area contributed by atoms with Gasteiger partial charge in [-0.2, -0.15) is 4.98 Å². The highest BCUT2D eigenvalue weighted by molar-refractivity contribution is 5.62. The second-order valence-electron chi connectivity index (χ2n) is 4.26. The molecule has 0 unspecified atom stereocenters. The normalized spacial score (nSPS) is 10.5. The van der Waals surface area contributed by atoms with Crippen molar-refractivity contribution in [2.24, 2.45) is 0 Å². The van der Waals surface area contributed by atoms with Crippen molar-refractivity contribution in [3.63, 3.8) is 0 Å². The van der Waals surface area contributed by atoms with E-state index in [4.69, 9.17) is 9.26 Å². The van der Waals surface area contributed by atoms with Gasteiger partial charge >= 0.3 is 0 Å². The van der Waals surface area contributed by atoms with E-state index in [1.807, 2.05) is 31.2 Å². The van der Waals surface area contributed by atoms with E-state index < -0.39 is 0 Å². The van der Waals surface area contributed by atoms with Gasteiger partial charge in [0.1, 0.15) is 11.5 Å². The summed E-state index contributed by atoms with van der Waals surface area (Å²) in [5.74, 6) is 1.32.